The van der Waals surface area contributed by atoms with E-state index in [9.17, 15) is 24.5 Å². The Hall–Kier alpha value is -4.70. The molecule has 7 rings (SSSR count). The lowest BCUT2D eigenvalue weighted by atomic mass is 9.75. The largest absolute Gasteiger partial charge is 0.296 e. The molecule has 4 atom stereocenters. The Morgan fingerprint density at radius 3 is 2.42 bits per heavy atom. The lowest BCUT2D eigenvalue weighted by molar-refractivity contribution is -0.384. The highest BCUT2D eigenvalue weighted by atomic mass is 16.6. The van der Waals surface area contributed by atoms with Gasteiger partial charge in [0.25, 0.3) is 11.2 Å². The number of anilines is 1. The normalized spacial score (nSPS) is 24.7. The van der Waals surface area contributed by atoms with E-state index in [0.717, 1.165) is 5.56 Å². The fourth-order valence-corrected chi connectivity index (χ4v) is 6.97. The Balaban J connectivity index is 1.50. The summed E-state index contributed by atoms with van der Waals surface area (Å²) in [5.74, 6) is -2.05. The molecule has 3 aromatic carbocycles. The third-order valence-corrected chi connectivity index (χ3v) is 8.65. The molecule has 2 fully saturated rings. The quantitative estimate of drug-likeness (QED) is 0.241. The zero-order chi connectivity index (χ0) is 28.1. The van der Waals surface area contributed by atoms with Gasteiger partial charge in [-0.15, -0.1) is 0 Å². The number of benzene rings is 3. The van der Waals surface area contributed by atoms with Crippen LogP contribution in [0.4, 0.5) is 11.4 Å². The van der Waals surface area contributed by atoms with E-state index in [1.807, 2.05) is 44.2 Å². The number of amides is 2. The van der Waals surface area contributed by atoms with Crippen molar-refractivity contribution in [2.24, 2.45) is 17.8 Å². The van der Waals surface area contributed by atoms with Gasteiger partial charge in [0.1, 0.15) is 11.4 Å². The van der Waals surface area contributed by atoms with Gasteiger partial charge in [0.15, 0.2) is 0 Å². The van der Waals surface area contributed by atoms with E-state index in [-0.39, 0.29) is 23.1 Å². The maximum atomic E-state index is 14.5. The summed E-state index contributed by atoms with van der Waals surface area (Å²) in [6, 6.07) is 18.3. The highest BCUT2D eigenvalue weighted by Crippen LogP contribution is 2.56. The smallest absolute Gasteiger partial charge is 0.269 e. The summed E-state index contributed by atoms with van der Waals surface area (Å²) in [4.78, 5) is 59.5. The summed E-state index contributed by atoms with van der Waals surface area (Å²) >= 11 is 0. The summed E-state index contributed by atoms with van der Waals surface area (Å²) in [6.45, 7) is 5.64. The molecule has 0 aliphatic carbocycles. The minimum absolute atomic E-state index is 0.0325. The van der Waals surface area contributed by atoms with E-state index in [1.165, 1.54) is 23.1 Å². The van der Waals surface area contributed by atoms with Crippen LogP contribution in [0.2, 0.25) is 0 Å². The first kappa shape index (κ1) is 24.3. The SMILES string of the molecule is Cc1cc([N+](=O)[O-])ccc1N1C(=O)[C@H]2[C@@H](C1=O)[C@@]1(N[C@H]2C(C)C)c2ccccc2-n2c1nc1ccccc1c2=O. The number of non-ortho nitro benzene ring substituents is 1. The van der Waals surface area contributed by atoms with Crippen molar-refractivity contribution in [3.63, 3.8) is 0 Å². The van der Waals surface area contributed by atoms with Crippen molar-refractivity contribution in [3.8, 4) is 5.69 Å². The van der Waals surface area contributed by atoms with Crippen molar-refractivity contribution in [1.82, 2.24) is 14.9 Å². The van der Waals surface area contributed by atoms with Gasteiger partial charge in [-0.25, -0.2) is 9.88 Å². The van der Waals surface area contributed by atoms with Crippen LogP contribution >= 0.6 is 0 Å². The number of nitrogens with one attached hydrogen (secondary N) is 1. The van der Waals surface area contributed by atoms with Crippen molar-refractivity contribution in [1.29, 1.82) is 0 Å². The number of imide groups is 1. The van der Waals surface area contributed by atoms with Crippen LogP contribution in [0.1, 0.15) is 30.8 Å². The number of aromatic nitrogens is 2. The number of nitro groups is 1. The fourth-order valence-electron chi connectivity index (χ4n) is 6.97. The molecule has 1 spiro atoms. The zero-order valence-corrected chi connectivity index (χ0v) is 22.0. The molecule has 10 heteroatoms. The Morgan fingerprint density at radius 1 is 0.975 bits per heavy atom. The number of nitro benzene ring substituents is 1. The van der Waals surface area contributed by atoms with E-state index in [4.69, 9.17) is 4.98 Å². The molecule has 2 amide bonds. The van der Waals surface area contributed by atoms with E-state index >= 15 is 0 Å². The van der Waals surface area contributed by atoms with Gasteiger partial charge in [0.2, 0.25) is 11.8 Å². The van der Waals surface area contributed by atoms with Gasteiger partial charge in [-0.1, -0.05) is 44.2 Å². The zero-order valence-electron chi connectivity index (χ0n) is 22.0. The van der Waals surface area contributed by atoms with Crippen molar-refractivity contribution in [3.05, 3.63) is 104 Å². The van der Waals surface area contributed by atoms with Gasteiger partial charge in [0, 0.05) is 23.7 Å². The molecule has 40 heavy (non-hydrogen) atoms. The molecule has 3 aliphatic rings. The highest BCUT2D eigenvalue weighted by molar-refractivity contribution is 6.23. The third kappa shape index (κ3) is 2.91. The van der Waals surface area contributed by atoms with Gasteiger partial charge in [-0.2, -0.15) is 0 Å². The highest BCUT2D eigenvalue weighted by Gasteiger charge is 2.70. The van der Waals surface area contributed by atoms with Crippen LogP contribution in [-0.2, 0) is 15.1 Å². The Morgan fingerprint density at radius 2 is 1.70 bits per heavy atom. The van der Waals surface area contributed by atoms with Crippen molar-refractivity contribution >= 4 is 34.1 Å². The Kier molecular flexibility index (Phi) is 4.96. The molecule has 0 bridgehead atoms. The number of fused-ring (bicyclic) bond motifs is 8. The van der Waals surface area contributed by atoms with E-state index in [1.54, 1.807) is 29.7 Å². The second kappa shape index (κ2) is 8.15. The van der Waals surface area contributed by atoms with Crippen LogP contribution in [0.15, 0.2) is 71.5 Å². The topological polar surface area (TPSA) is 127 Å². The van der Waals surface area contributed by atoms with Crippen LogP contribution in [-0.4, -0.2) is 32.3 Å². The van der Waals surface area contributed by atoms with Crippen LogP contribution in [0, 0.1) is 34.8 Å². The predicted octanol–water partition coefficient (Wildman–Crippen LogP) is 3.59. The number of hydrogen-bond donors (Lipinski definition) is 1. The van der Waals surface area contributed by atoms with Crippen LogP contribution in [0.3, 0.4) is 0 Å². The van der Waals surface area contributed by atoms with Gasteiger partial charge in [-0.05, 0) is 42.7 Å². The number of carbonyl (C=O) groups is 2. The minimum Gasteiger partial charge on any atom is -0.296 e. The fraction of sp³-hybridized carbons (Fsp3) is 0.267. The summed E-state index contributed by atoms with van der Waals surface area (Å²) in [6.07, 6.45) is 0. The summed E-state index contributed by atoms with van der Waals surface area (Å²) < 4.78 is 1.57. The minimum atomic E-state index is -1.23. The number of nitrogens with zero attached hydrogens (tertiary/aromatic N) is 4. The number of rotatable bonds is 3. The van der Waals surface area contributed by atoms with Gasteiger partial charge in [-0.3, -0.25) is 34.4 Å². The first-order chi connectivity index (χ1) is 19.2. The van der Waals surface area contributed by atoms with Gasteiger partial charge >= 0.3 is 0 Å². The van der Waals surface area contributed by atoms with Crippen LogP contribution in [0.25, 0.3) is 16.6 Å². The molecule has 4 heterocycles. The molecule has 0 radical (unpaired) electrons. The molecule has 2 saturated heterocycles. The van der Waals surface area contributed by atoms with E-state index in [2.05, 4.69) is 5.32 Å². The van der Waals surface area contributed by atoms with Crippen molar-refractivity contribution in [2.75, 3.05) is 4.90 Å². The van der Waals surface area contributed by atoms with Crippen molar-refractivity contribution in [2.45, 2.75) is 32.4 Å². The average Bonchev–Trinajstić information content (AvgIpc) is 3.53. The van der Waals surface area contributed by atoms with E-state index < -0.39 is 34.2 Å². The molecule has 0 saturated carbocycles. The first-order valence-electron chi connectivity index (χ1n) is 13.2. The molecule has 4 aromatic rings. The third-order valence-electron chi connectivity index (χ3n) is 8.65. The monoisotopic (exact) mass is 535 g/mol. The molecular formula is C30H25N5O5. The Labute approximate surface area is 228 Å². The summed E-state index contributed by atoms with van der Waals surface area (Å²) in [7, 11) is 0. The molecule has 1 N–H and O–H groups in total. The van der Waals surface area contributed by atoms with Crippen molar-refractivity contribution < 1.29 is 14.5 Å². The summed E-state index contributed by atoms with van der Waals surface area (Å²) in [5.41, 5.74) is 1.05. The van der Waals surface area contributed by atoms with Gasteiger partial charge in [0.05, 0.1) is 39.0 Å². The number of para-hydroxylation sites is 2. The van der Waals surface area contributed by atoms with E-state index in [0.29, 0.717) is 33.7 Å². The van der Waals surface area contributed by atoms with Crippen LogP contribution < -0.4 is 15.8 Å². The molecule has 200 valence electrons. The number of aryl methyl sites for hydroxylation is 1. The lowest BCUT2D eigenvalue weighted by Gasteiger charge is -2.32. The predicted molar refractivity (Wildman–Crippen MR) is 147 cm³/mol. The summed E-state index contributed by atoms with van der Waals surface area (Å²) in [5, 5.41) is 15.5. The number of carbonyl (C=O) groups excluding carboxylic acids is 2. The molecule has 0 unspecified atom stereocenters. The standard InChI is InChI=1S/C30H25N5O5/c1-15(2)25-23-24(28(38)33(27(23)37)21-13-12-17(35(39)40)14-16(21)3)30(32-25)19-9-5-7-11-22(19)34-26(36)18-8-4-6-10-20(18)31-29(30)34/h4-15,23-25,32H,1-3H3/t23-,24-,25-,30-/m0/s1. The van der Waals surface area contributed by atoms with Crippen LogP contribution in [0.5, 0.6) is 0 Å². The van der Waals surface area contributed by atoms with Gasteiger partial charge < -0.3 is 0 Å². The second-order valence-corrected chi connectivity index (χ2v) is 11.1. The molecule has 3 aliphatic heterocycles. The molecule has 10 nitrogen and oxygen atoms in total. The lowest BCUT2D eigenvalue weighted by Crippen LogP contribution is -2.51. The molecular weight excluding hydrogens is 510 g/mol. The first-order valence-corrected chi connectivity index (χ1v) is 13.2. The number of hydrogen-bond acceptors (Lipinski definition) is 7. The second-order valence-electron chi connectivity index (χ2n) is 11.1. The Bertz CT molecular complexity index is 1860. The maximum absolute atomic E-state index is 14.5. The average molecular weight is 536 g/mol. The maximum Gasteiger partial charge on any atom is 0.269 e. The molecule has 1 aromatic heterocycles.